The zero-order valence-electron chi connectivity index (χ0n) is 23.9. The van der Waals surface area contributed by atoms with Crippen LogP contribution in [0.1, 0.15) is 69.2 Å². The van der Waals surface area contributed by atoms with E-state index in [2.05, 4.69) is 102 Å². The van der Waals surface area contributed by atoms with Gasteiger partial charge in [-0.2, -0.15) is 0 Å². The fourth-order valence-electron chi connectivity index (χ4n) is 4.12. The van der Waals surface area contributed by atoms with Gasteiger partial charge in [0.05, 0.1) is 0 Å². The molecule has 0 N–H and O–H groups in total. The van der Waals surface area contributed by atoms with E-state index in [9.17, 15) is 0 Å². The molecule has 0 radical (unpaired) electrons. The Morgan fingerprint density at radius 3 is 0.514 bits per heavy atom. The third kappa shape index (κ3) is 6.02. The molecule has 0 spiro atoms. The minimum Gasteiger partial charge on any atom is -0.409 e. The van der Waals surface area contributed by atoms with Gasteiger partial charge in [0.25, 0.3) is 0 Å². The molecule has 10 heteroatoms. The van der Waals surface area contributed by atoms with Crippen LogP contribution < -0.4 is 0 Å². The standard InChI is InChI=1S/C25H50O5Si5/c1-16-31(21(6)7)26-32(17-2,22(8)9)28-34(19-4,24(12)13)30-35(20-5,25(14)15)29-33(18-3,27-31)23(10)11/h16-25H,1-5H2,6-15H3. The first-order chi connectivity index (χ1) is 16.1. The Labute approximate surface area is 221 Å². The third-order valence-electron chi connectivity index (χ3n) is 7.04. The van der Waals surface area contributed by atoms with Crippen molar-refractivity contribution in [3.05, 3.63) is 61.4 Å². The first kappa shape index (κ1) is 32.6. The van der Waals surface area contributed by atoms with Gasteiger partial charge < -0.3 is 20.6 Å². The van der Waals surface area contributed by atoms with Crippen molar-refractivity contribution in [1.29, 1.82) is 0 Å². The van der Waals surface area contributed by atoms with Gasteiger partial charge in [0.1, 0.15) is 0 Å². The molecule has 1 rings (SSSR count). The van der Waals surface area contributed by atoms with Crippen molar-refractivity contribution < 1.29 is 20.6 Å². The van der Waals surface area contributed by atoms with Crippen LogP contribution in [0, 0.1) is 0 Å². The largest absolute Gasteiger partial charge is 0.409 e. The molecular weight excluding hydrogens is 521 g/mol. The van der Waals surface area contributed by atoms with Crippen molar-refractivity contribution in [1.82, 2.24) is 0 Å². The van der Waals surface area contributed by atoms with Crippen LogP contribution in [0.4, 0.5) is 0 Å². The molecule has 1 saturated heterocycles. The highest BCUT2D eigenvalue weighted by Gasteiger charge is 2.63. The summed E-state index contributed by atoms with van der Waals surface area (Å²) in [5.74, 6) is 0. The maximum absolute atomic E-state index is 7.20. The van der Waals surface area contributed by atoms with E-state index < -0.39 is 42.8 Å². The number of hydrogen-bond acceptors (Lipinski definition) is 5. The monoisotopic (exact) mass is 570 g/mol. The van der Waals surface area contributed by atoms with E-state index in [4.69, 9.17) is 20.6 Å². The molecule has 0 aliphatic carbocycles. The zero-order valence-corrected chi connectivity index (χ0v) is 28.9. The molecule has 1 fully saturated rings. The highest BCUT2D eigenvalue weighted by Crippen LogP contribution is 2.46. The predicted molar refractivity (Wildman–Crippen MR) is 161 cm³/mol. The smallest absolute Gasteiger partial charge is 0.349 e. The number of rotatable bonds is 10. The Balaban J connectivity index is 4.27. The summed E-state index contributed by atoms with van der Waals surface area (Å²) in [7, 11) is -15.6. The van der Waals surface area contributed by atoms with Gasteiger partial charge in [-0.25, -0.2) is 0 Å². The lowest BCUT2D eigenvalue weighted by molar-refractivity contribution is 0.218. The van der Waals surface area contributed by atoms with Crippen LogP contribution in [-0.2, 0) is 20.6 Å². The van der Waals surface area contributed by atoms with E-state index in [1.54, 1.807) is 0 Å². The summed E-state index contributed by atoms with van der Waals surface area (Å²) in [6.07, 6.45) is 0. The molecule has 5 nitrogen and oxygen atoms in total. The maximum Gasteiger partial charge on any atom is 0.349 e. The van der Waals surface area contributed by atoms with E-state index in [0.717, 1.165) is 0 Å². The Morgan fingerprint density at radius 2 is 0.457 bits per heavy atom. The van der Waals surface area contributed by atoms with Crippen molar-refractivity contribution in [2.75, 3.05) is 0 Å². The van der Waals surface area contributed by atoms with Crippen molar-refractivity contribution >= 4 is 42.8 Å². The Hall–Kier alpha value is -0.416. The molecule has 0 saturated carbocycles. The first-order valence-electron chi connectivity index (χ1n) is 12.7. The van der Waals surface area contributed by atoms with Crippen molar-refractivity contribution in [3.63, 3.8) is 0 Å². The van der Waals surface area contributed by atoms with Gasteiger partial charge in [0.2, 0.25) is 0 Å². The van der Waals surface area contributed by atoms with Crippen LogP contribution in [0.15, 0.2) is 61.4 Å². The summed E-state index contributed by atoms with van der Waals surface area (Å²) in [6.45, 7) is 42.4. The topological polar surface area (TPSA) is 46.2 Å². The van der Waals surface area contributed by atoms with Crippen LogP contribution in [0.2, 0.25) is 27.7 Å². The Morgan fingerprint density at radius 1 is 0.343 bits per heavy atom. The van der Waals surface area contributed by atoms with Crippen LogP contribution in [0.25, 0.3) is 0 Å². The summed E-state index contributed by atoms with van der Waals surface area (Å²) < 4.78 is 36.0. The SMILES string of the molecule is C=C[Si]1(C(C)C)O[Si](C=C)(C(C)C)O[Si](C=C)(C(C)C)O[Si](C=C)(C(C)C)O[Si](C=C)(C(C)C)O1. The fourth-order valence-corrected chi connectivity index (χ4v) is 31.9. The quantitative estimate of drug-likeness (QED) is 0.249. The van der Waals surface area contributed by atoms with E-state index in [1.807, 2.05) is 28.5 Å². The molecule has 0 bridgehead atoms. The normalized spacial score (nSPS) is 37.0. The molecule has 1 aliphatic rings. The molecule has 0 amide bonds. The zero-order chi connectivity index (χ0) is 27.5. The molecule has 0 aromatic heterocycles. The van der Waals surface area contributed by atoms with Crippen LogP contribution in [0.3, 0.4) is 0 Å². The van der Waals surface area contributed by atoms with Gasteiger partial charge in [0, 0.05) is 0 Å². The molecular formula is C25H50O5Si5. The van der Waals surface area contributed by atoms with Crippen LogP contribution >= 0.6 is 0 Å². The lowest BCUT2D eigenvalue weighted by Crippen LogP contribution is -2.71. The van der Waals surface area contributed by atoms with Gasteiger partial charge in [-0.3, -0.25) is 0 Å². The Kier molecular flexibility index (Phi) is 11.2. The lowest BCUT2D eigenvalue weighted by Gasteiger charge is -2.54. The average Bonchev–Trinajstić information content (AvgIpc) is 2.80. The minimum absolute atomic E-state index is 0.0568. The van der Waals surface area contributed by atoms with E-state index in [0.29, 0.717) is 0 Å². The number of hydrogen-bond donors (Lipinski definition) is 0. The van der Waals surface area contributed by atoms with Gasteiger partial charge in [0.15, 0.2) is 0 Å². The van der Waals surface area contributed by atoms with Gasteiger partial charge >= 0.3 is 42.8 Å². The highest BCUT2D eigenvalue weighted by molar-refractivity contribution is 7.00. The molecule has 1 aliphatic heterocycles. The molecule has 0 unspecified atom stereocenters. The first-order valence-corrected chi connectivity index (χ1v) is 22.6. The molecule has 200 valence electrons. The van der Waals surface area contributed by atoms with Gasteiger partial charge in [-0.15, -0.1) is 32.9 Å². The summed E-state index contributed by atoms with van der Waals surface area (Å²) in [4.78, 5) is 0. The second-order valence-electron chi connectivity index (χ2n) is 10.9. The van der Waals surface area contributed by atoms with E-state index in [-0.39, 0.29) is 27.7 Å². The maximum atomic E-state index is 7.20. The molecule has 1 heterocycles. The summed E-state index contributed by atoms with van der Waals surface area (Å²) in [5.41, 5.74) is 9.76. The second-order valence-corrected chi connectivity index (χ2v) is 30.0. The third-order valence-corrected chi connectivity index (χ3v) is 30.7. The van der Waals surface area contributed by atoms with Gasteiger partial charge in [-0.1, -0.05) is 97.7 Å². The van der Waals surface area contributed by atoms with Crippen LogP contribution in [-0.4, -0.2) is 42.8 Å². The van der Waals surface area contributed by atoms with Crippen molar-refractivity contribution in [2.45, 2.75) is 96.9 Å². The van der Waals surface area contributed by atoms with Gasteiger partial charge in [-0.05, 0) is 27.7 Å². The van der Waals surface area contributed by atoms with Crippen molar-refractivity contribution in [3.8, 4) is 0 Å². The van der Waals surface area contributed by atoms with E-state index in [1.165, 1.54) is 0 Å². The molecule has 35 heavy (non-hydrogen) atoms. The predicted octanol–water partition coefficient (Wildman–Crippen LogP) is 7.97. The highest BCUT2D eigenvalue weighted by atomic mass is 28.5. The average molecular weight is 571 g/mol. The molecule has 0 atom stereocenters. The second kappa shape index (κ2) is 12.0. The Bertz CT molecular complexity index is 632. The molecule has 0 aromatic rings. The molecule has 0 aromatic carbocycles. The lowest BCUT2D eigenvalue weighted by atomic mass is 10.6. The minimum atomic E-state index is -3.11. The van der Waals surface area contributed by atoms with Crippen LogP contribution in [0.5, 0.6) is 0 Å². The summed E-state index contributed by atoms with van der Waals surface area (Å²) >= 11 is 0. The van der Waals surface area contributed by atoms with Crippen molar-refractivity contribution in [2.24, 2.45) is 0 Å². The summed E-state index contributed by atoms with van der Waals surface area (Å²) in [5, 5.41) is 0. The summed E-state index contributed by atoms with van der Waals surface area (Å²) in [6, 6.07) is 0. The fraction of sp³-hybridized carbons (Fsp3) is 0.600. The van der Waals surface area contributed by atoms with E-state index >= 15 is 0 Å².